The van der Waals surface area contributed by atoms with Gasteiger partial charge >= 0.3 is 0 Å². The number of benzene rings is 2. The van der Waals surface area contributed by atoms with Crippen molar-refractivity contribution in [2.45, 2.75) is 13.5 Å². The summed E-state index contributed by atoms with van der Waals surface area (Å²) in [4.78, 5) is 38.4. The van der Waals surface area contributed by atoms with E-state index in [4.69, 9.17) is 5.73 Å². The molecular formula is C20H17N7O2. The van der Waals surface area contributed by atoms with Gasteiger partial charge in [0.05, 0.1) is 22.9 Å². The number of amides is 1. The van der Waals surface area contributed by atoms with Crippen LogP contribution in [0, 0.1) is 4.91 Å². The fourth-order valence-corrected chi connectivity index (χ4v) is 3.02. The number of rotatable bonds is 5. The molecule has 2 aromatic heterocycles. The van der Waals surface area contributed by atoms with Crippen LogP contribution in [0.15, 0.2) is 53.8 Å². The Morgan fingerprint density at radius 2 is 2.07 bits per heavy atom. The number of carbonyl (C=O) groups is 1. The highest BCUT2D eigenvalue weighted by molar-refractivity contribution is 5.92. The molecule has 0 saturated heterocycles. The van der Waals surface area contributed by atoms with E-state index in [2.05, 4.69) is 30.4 Å². The van der Waals surface area contributed by atoms with Gasteiger partial charge in [0.2, 0.25) is 5.91 Å². The molecule has 0 radical (unpaired) electrons. The first-order valence-corrected chi connectivity index (χ1v) is 8.82. The fourth-order valence-electron chi connectivity index (χ4n) is 3.02. The van der Waals surface area contributed by atoms with Gasteiger partial charge in [-0.15, -0.1) is 0 Å². The van der Waals surface area contributed by atoms with E-state index in [1.807, 2.05) is 24.3 Å². The Labute approximate surface area is 165 Å². The number of nitrogens with two attached hydrogens (primary N) is 1. The fraction of sp³-hybridized carbons (Fsp3) is 0.100. The summed E-state index contributed by atoms with van der Waals surface area (Å²) in [6.45, 7) is 1.54. The average Bonchev–Trinajstić information content (AvgIpc) is 3.11. The summed E-state index contributed by atoms with van der Waals surface area (Å²) < 4.78 is 0. The zero-order chi connectivity index (χ0) is 20.4. The molecule has 0 unspecified atom stereocenters. The molecule has 0 spiro atoms. The number of nitrogen functional groups attached to an aromatic ring is 1. The molecule has 4 aromatic rings. The number of nitrogens with zero attached hydrogens (tertiary/aromatic N) is 4. The SMILES string of the molecule is CC(=O)Nc1ccc2nc(-c3nc(-c4cccc(CN=O)c4)cnc3N)[nH]c2c1. The van der Waals surface area contributed by atoms with E-state index in [0.717, 1.165) is 16.6 Å². The van der Waals surface area contributed by atoms with Crippen molar-refractivity contribution >= 4 is 28.4 Å². The lowest BCUT2D eigenvalue weighted by molar-refractivity contribution is -0.114. The summed E-state index contributed by atoms with van der Waals surface area (Å²) in [5.74, 6) is 0.553. The third-order valence-electron chi connectivity index (χ3n) is 4.30. The second kappa shape index (κ2) is 7.47. The van der Waals surface area contributed by atoms with E-state index in [1.165, 1.54) is 6.92 Å². The Hall–Kier alpha value is -4.14. The Bertz CT molecular complexity index is 1230. The maximum atomic E-state index is 11.3. The highest BCUT2D eigenvalue weighted by Gasteiger charge is 2.14. The minimum Gasteiger partial charge on any atom is -0.382 e. The van der Waals surface area contributed by atoms with Gasteiger partial charge < -0.3 is 16.0 Å². The number of hydrogen-bond acceptors (Lipinski definition) is 7. The molecule has 0 bridgehead atoms. The first-order chi connectivity index (χ1) is 14.0. The molecule has 29 heavy (non-hydrogen) atoms. The summed E-state index contributed by atoms with van der Waals surface area (Å²) in [7, 11) is 0. The summed E-state index contributed by atoms with van der Waals surface area (Å²) >= 11 is 0. The van der Waals surface area contributed by atoms with Crippen LogP contribution in [-0.2, 0) is 11.3 Å². The number of nitrogens with one attached hydrogen (secondary N) is 2. The van der Waals surface area contributed by atoms with Crippen LogP contribution in [0.3, 0.4) is 0 Å². The normalized spacial score (nSPS) is 10.8. The molecule has 0 atom stereocenters. The molecule has 4 N–H and O–H groups in total. The lowest BCUT2D eigenvalue weighted by atomic mass is 10.1. The van der Waals surface area contributed by atoms with E-state index in [1.54, 1.807) is 24.4 Å². The summed E-state index contributed by atoms with van der Waals surface area (Å²) in [5.41, 5.74) is 10.7. The van der Waals surface area contributed by atoms with Crippen LogP contribution in [0.25, 0.3) is 33.8 Å². The largest absolute Gasteiger partial charge is 0.382 e. The van der Waals surface area contributed by atoms with Crippen molar-refractivity contribution in [1.82, 2.24) is 19.9 Å². The maximum Gasteiger partial charge on any atom is 0.221 e. The summed E-state index contributed by atoms with van der Waals surface area (Å²) in [6.07, 6.45) is 1.57. The van der Waals surface area contributed by atoms with Crippen molar-refractivity contribution in [2.75, 3.05) is 11.1 Å². The molecule has 0 fully saturated rings. The van der Waals surface area contributed by atoms with Gasteiger partial charge in [0.15, 0.2) is 11.6 Å². The molecular weight excluding hydrogens is 370 g/mol. The van der Waals surface area contributed by atoms with Gasteiger partial charge in [0.1, 0.15) is 12.2 Å². The molecule has 9 nitrogen and oxygen atoms in total. The lowest BCUT2D eigenvalue weighted by Gasteiger charge is -2.06. The molecule has 0 aliphatic carbocycles. The smallest absolute Gasteiger partial charge is 0.221 e. The van der Waals surface area contributed by atoms with Gasteiger partial charge in [0.25, 0.3) is 0 Å². The third kappa shape index (κ3) is 3.79. The average molecular weight is 387 g/mol. The Morgan fingerprint density at radius 1 is 1.21 bits per heavy atom. The number of anilines is 2. The molecule has 0 saturated carbocycles. The molecule has 144 valence electrons. The Kier molecular flexibility index (Phi) is 4.70. The van der Waals surface area contributed by atoms with E-state index in [-0.39, 0.29) is 18.3 Å². The number of carbonyl (C=O) groups excluding carboxylic acids is 1. The quantitative estimate of drug-likeness (QED) is 0.448. The van der Waals surface area contributed by atoms with E-state index < -0.39 is 0 Å². The van der Waals surface area contributed by atoms with E-state index in [0.29, 0.717) is 28.4 Å². The van der Waals surface area contributed by atoms with Crippen molar-refractivity contribution in [3.8, 4) is 22.8 Å². The Balaban J connectivity index is 1.75. The highest BCUT2D eigenvalue weighted by atomic mass is 16.3. The van der Waals surface area contributed by atoms with Gasteiger partial charge in [-0.25, -0.2) is 15.0 Å². The maximum absolute atomic E-state index is 11.3. The zero-order valence-electron chi connectivity index (χ0n) is 15.5. The van der Waals surface area contributed by atoms with Crippen LogP contribution >= 0.6 is 0 Å². The first kappa shape index (κ1) is 18.2. The van der Waals surface area contributed by atoms with Crippen LogP contribution in [0.4, 0.5) is 11.5 Å². The van der Waals surface area contributed by atoms with Crippen LogP contribution in [0.5, 0.6) is 0 Å². The topological polar surface area (TPSA) is 139 Å². The first-order valence-electron chi connectivity index (χ1n) is 8.82. The predicted octanol–water partition coefficient (Wildman–Crippen LogP) is 3.49. The van der Waals surface area contributed by atoms with Crippen LogP contribution in [0.1, 0.15) is 12.5 Å². The van der Waals surface area contributed by atoms with E-state index in [9.17, 15) is 9.70 Å². The summed E-state index contributed by atoms with van der Waals surface area (Å²) in [5, 5.41) is 5.66. The molecule has 9 heteroatoms. The van der Waals surface area contributed by atoms with Gasteiger partial charge in [-0.3, -0.25) is 4.79 Å². The minimum absolute atomic E-state index is 0.0866. The minimum atomic E-state index is -0.154. The number of fused-ring (bicyclic) bond motifs is 1. The van der Waals surface area contributed by atoms with Gasteiger partial charge in [-0.1, -0.05) is 23.4 Å². The molecule has 4 rings (SSSR count). The molecule has 0 aliphatic rings. The number of aromatic amines is 1. The summed E-state index contributed by atoms with van der Waals surface area (Å²) in [6, 6.07) is 12.7. The van der Waals surface area contributed by atoms with Crippen molar-refractivity contribution in [2.24, 2.45) is 5.18 Å². The van der Waals surface area contributed by atoms with Gasteiger partial charge in [0, 0.05) is 18.2 Å². The Morgan fingerprint density at radius 3 is 2.86 bits per heavy atom. The highest BCUT2D eigenvalue weighted by Crippen LogP contribution is 2.27. The third-order valence-corrected chi connectivity index (χ3v) is 4.30. The predicted molar refractivity (Wildman–Crippen MR) is 111 cm³/mol. The van der Waals surface area contributed by atoms with Crippen LogP contribution < -0.4 is 11.1 Å². The lowest BCUT2D eigenvalue weighted by Crippen LogP contribution is -2.05. The molecule has 1 amide bonds. The second-order valence-electron chi connectivity index (χ2n) is 6.48. The van der Waals surface area contributed by atoms with Gasteiger partial charge in [-0.2, -0.15) is 4.91 Å². The number of imidazole rings is 1. The number of hydrogen-bond donors (Lipinski definition) is 3. The standard InChI is InChI=1S/C20H17N7O2/c1-11(28)24-14-5-6-15-16(8-14)27-20(26-15)18-19(21)22-10-17(25-18)13-4-2-3-12(7-13)9-23-29/h2-8,10H,9H2,1H3,(H2,21,22)(H,24,28)(H,26,27). The molecule has 2 heterocycles. The number of nitroso groups, excluding NO2 is 1. The second-order valence-corrected chi connectivity index (χ2v) is 6.48. The van der Waals surface area contributed by atoms with Crippen molar-refractivity contribution < 1.29 is 4.79 Å². The monoisotopic (exact) mass is 387 g/mol. The zero-order valence-corrected chi connectivity index (χ0v) is 15.5. The van der Waals surface area contributed by atoms with Crippen molar-refractivity contribution in [1.29, 1.82) is 0 Å². The molecule has 0 aliphatic heterocycles. The van der Waals surface area contributed by atoms with Crippen LogP contribution in [0.2, 0.25) is 0 Å². The number of H-pyrrole nitrogens is 1. The van der Waals surface area contributed by atoms with Crippen molar-refractivity contribution in [3.05, 3.63) is 59.1 Å². The number of aromatic nitrogens is 4. The van der Waals surface area contributed by atoms with Crippen molar-refractivity contribution in [3.63, 3.8) is 0 Å². The molecule has 2 aromatic carbocycles. The van der Waals surface area contributed by atoms with Crippen LogP contribution in [-0.4, -0.2) is 25.8 Å². The van der Waals surface area contributed by atoms with Gasteiger partial charge in [-0.05, 0) is 29.8 Å². The van der Waals surface area contributed by atoms with E-state index >= 15 is 0 Å².